The second-order valence-electron chi connectivity index (χ2n) is 3.62. The van der Waals surface area contributed by atoms with Crippen molar-refractivity contribution in [2.45, 2.75) is 6.42 Å². The topological polar surface area (TPSA) is 24.9 Å². The Kier molecular flexibility index (Phi) is 4.24. The van der Waals surface area contributed by atoms with Gasteiger partial charge in [0.2, 0.25) is 0 Å². The molecule has 0 aliphatic carbocycles. The highest BCUT2D eigenvalue weighted by molar-refractivity contribution is 6.35. The third-order valence-corrected chi connectivity index (χ3v) is 2.92. The standard InChI is InChI=1S/C13H12Cl2N2/c14-10-4-5-12(15)13(9-10)17-8-6-11-3-1-2-7-16-11/h1-5,7,9,17H,6,8H2. The number of benzene rings is 1. The van der Waals surface area contributed by atoms with Crippen LogP contribution in [0.3, 0.4) is 0 Å². The lowest BCUT2D eigenvalue weighted by Gasteiger charge is -2.08. The molecule has 4 heteroatoms. The summed E-state index contributed by atoms with van der Waals surface area (Å²) < 4.78 is 0. The van der Waals surface area contributed by atoms with Gasteiger partial charge in [-0.2, -0.15) is 0 Å². The van der Waals surface area contributed by atoms with Gasteiger partial charge in [0.25, 0.3) is 0 Å². The van der Waals surface area contributed by atoms with E-state index in [1.54, 1.807) is 18.3 Å². The second-order valence-corrected chi connectivity index (χ2v) is 4.47. The molecule has 0 radical (unpaired) electrons. The minimum Gasteiger partial charge on any atom is -0.383 e. The Labute approximate surface area is 111 Å². The van der Waals surface area contributed by atoms with Gasteiger partial charge in [0.1, 0.15) is 0 Å². The molecule has 0 atom stereocenters. The van der Waals surface area contributed by atoms with Crippen LogP contribution in [0.2, 0.25) is 10.0 Å². The first-order valence-electron chi connectivity index (χ1n) is 5.34. The van der Waals surface area contributed by atoms with Crippen LogP contribution in [-0.2, 0) is 6.42 Å². The first-order chi connectivity index (χ1) is 8.25. The van der Waals surface area contributed by atoms with Crippen molar-refractivity contribution in [1.29, 1.82) is 0 Å². The van der Waals surface area contributed by atoms with Gasteiger partial charge in [-0.05, 0) is 30.3 Å². The summed E-state index contributed by atoms with van der Waals surface area (Å²) >= 11 is 11.9. The van der Waals surface area contributed by atoms with E-state index < -0.39 is 0 Å². The number of nitrogens with zero attached hydrogens (tertiary/aromatic N) is 1. The van der Waals surface area contributed by atoms with Gasteiger partial charge in [0, 0.05) is 29.9 Å². The summed E-state index contributed by atoms with van der Waals surface area (Å²) in [5.41, 5.74) is 1.91. The van der Waals surface area contributed by atoms with Crippen LogP contribution >= 0.6 is 23.2 Å². The van der Waals surface area contributed by atoms with Gasteiger partial charge in [-0.25, -0.2) is 0 Å². The predicted octanol–water partition coefficient (Wildman–Crippen LogP) is 4.04. The fourth-order valence-corrected chi connectivity index (χ4v) is 1.86. The largest absolute Gasteiger partial charge is 0.383 e. The Bertz CT molecular complexity index is 486. The van der Waals surface area contributed by atoms with Crippen molar-refractivity contribution >= 4 is 28.9 Å². The van der Waals surface area contributed by atoms with Crippen LogP contribution < -0.4 is 5.32 Å². The van der Waals surface area contributed by atoms with Crippen LogP contribution in [0.15, 0.2) is 42.6 Å². The van der Waals surface area contributed by atoms with Crippen LogP contribution in [0.25, 0.3) is 0 Å². The normalized spacial score (nSPS) is 10.2. The molecule has 0 bridgehead atoms. The van der Waals surface area contributed by atoms with Crippen molar-refractivity contribution in [3.8, 4) is 0 Å². The number of halogens is 2. The maximum atomic E-state index is 6.04. The smallest absolute Gasteiger partial charge is 0.0638 e. The summed E-state index contributed by atoms with van der Waals surface area (Å²) in [7, 11) is 0. The molecule has 17 heavy (non-hydrogen) atoms. The Morgan fingerprint density at radius 2 is 2.00 bits per heavy atom. The average molecular weight is 267 g/mol. The Balaban J connectivity index is 1.92. The highest BCUT2D eigenvalue weighted by Crippen LogP contribution is 2.25. The van der Waals surface area contributed by atoms with Crippen LogP contribution in [0.4, 0.5) is 5.69 Å². The highest BCUT2D eigenvalue weighted by atomic mass is 35.5. The van der Waals surface area contributed by atoms with Crippen molar-refractivity contribution in [3.63, 3.8) is 0 Å². The molecule has 0 unspecified atom stereocenters. The first-order valence-corrected chi connectivity index (χ1v) is 6.10. The maximum Gasteiger partial charge on any atom is 0.0638 e. The minimum absolute atomic E-state index is 0.676. The van der Waals surface area contributed by atoms with E-state index in [1.165, 1.54) is 0 Å². The van der Waals surface area contributed by atoms with Crippen molar-refractivity contribution in [2.75, 3.05) is 11.9 Å². The van der Waals surface area contributed by atoms with E-state index in [1.807, 2.05) is 24.3 Å². The molecule has 1 N–H and O–H groups in total. The van der Waals surface area contributed by atoms with Crippen molar-refractivity contribution < 1.29 is 0 Å². The number of aromatic nitrogens is 1. The van der Waals surface area contributed by atoms with Gasteiger partial charge in [-0.3, -0.25) is 4.98 Å². The SMILES string of the molecule is Clc1ccc(Cl)c(NCCc2ccccn2)c1. The molecule has 2 aromatic rings. The zero-order chi connectivity index (χ0) is 12.1. The minimum atomic E-state index is 0.676. The summed E-state index contributed by atoms with van der Waals surface area (Å²) in [5, 5.41) is 4.60. The van der Waals surface area contributed by atoms with Gasteiger partial charge in [0.05, 0.1) is 10.7 Å². The molecule has 0 spiro atoms. The molecule has 0 saturated carbocycles. The van der Waals surface area contributed by atoms with E-state index in [0.717, 1.165) is 24.3 Å². The molecule has 1 aromatic heterocycles. The lowest BCUT2D eigenvalue weighted by atomic mass is 10.2. The number of rotatable bonds is 4. The molecule has 1 aromatic carbocycles. The Morgan fingerprint density at radius 3 is 2.76 bits per heavy atom. The second kappa shape index (κ2) is 5.89. The van der Waals surface area contributed by atoms with Crippen molar-refractivity contribution in [2.24, 2.45) is 0 Å². The third kappa shape index (κ3) is 3.62. The monoisotopic (exact) mass is 266 g/mol. The van der Waals surface area contributed by atoms with E-state index >= 15 is 0 Å². The molecule has 0 amide bonds. The number of nitrogens with one attached hydrogen (secondary N) is 1. The fraction of sp³-hybridized carbons (Fsp3) is 0.154. The zero-order valence-electron chi connectivity index (χ0n) is 9.16. The Hall–Kier alpha value is -1.25. The first kappa shape index (κ1) is 12.2. The third-order valence-electron chi connectivity index (χ3n) is 2.35. The van der Waals surface area contributed by atoms with E-state index in [4.69, 9.17) is 23.2 Å². The molecule has 0 aliphatic rings. The molecule has 0 aliphatic heterocycles. The summed E-state index contributed by atoms with van der Waals surface area (Å²) in [6, 6.07) is 11.3. The number of anilines is 1. The molecule has 88 valence electrons. The molecule has 1 heterocycles. The van der Waals surface area contributed by atoms with Gasteiger partial charge in [-0.15, -0.1) is 0 Å². The van der Waals surface area contributed by atoms with E-state index in [0.29, 0.717) is 10.0 Å². The fourth-order valence-electron chi connectivity index (χ4n) is 1.50. The number of pyridine rings is 1. The van der Waals surface area contributed by atoms with Gasteiger partial charge in [0.15, 0.2) is 0 Å². The summed E-state index contributed by atoms with van der Waals surface area (Å²) in [6.07, 6.45) is 2.64. The zero-order valence-corrected chi connectivity index (χ0v) is 10.7. The van der Waals surface area contributed by atoms with E-state index in [-0.39, 0.29) is 0 Å². The van der Waals surface area contributed by atoms with Crippen LogP contribution in [-0.4, -0.2) is 11.5 Å². The van der Waals surface area contributed by atoms with Crippen molar-refractivity contribution in [3.05, 3.63) is 58.3 Å². The summed E-state index contributed by atoms with van der Waals surface area (Å²) in [5.74, 6) is 0. The molecule has 2 nitrogen and oxygen atoms in total. The quantitative estimate of drug-likeness (QED) is 0.904. The number of hydrogen-bond donors (Lipinski definition) is 1. The van der Waals surface area contributed by atoms with E-state index in [9.17, 15) is 0 Å². The van der Waals surface area contributed by atoms with Crippen LogP contribution in [0.1, 0.15) is 5.69 Å². The van der Waals surface area contributed by atoms with Crippen molar-refractivity contribution in [1.82, 2.24) is 4.98 Å². The van der Waals surface area contributed by atoms with Gasteiger partial charge < -0.3 is 5.32 Å². The average Bonchev–Trinajstić information content (AvgIpc) is 2.35. The molecule has 2 rings (SSSR count). The molecular weight excluding hydrogens is 255 g/mol. The Morgan fingerprint density at radius 1 is 1.12 bits per heavy atom. The van der Waals surface area contributed by atoms with Gasteiger partial charge >= 0.3 is 0 Å². The summed E-state index contributed by atoms with van der Waals surface area (Å²) in [4.78, 5) is 4.25. The lowest BCUT2D eigenvalue weighted by Crippen LogP contribution is -2.06. The van der Waals surface area contributed by atoms with Crippen LogP contribution in [0.5, 0.6) is 0 Å². The predicted molar refractivity (Wildman–Crippen MR) is 72.9 cm³/mol. The van der Waals surface area contributed by atoms with E-state index in [2.05, 4.69) is 10.3 Å². The lowest BCUT2D eigenvalue weighted by molar-refractivity contribution is 0.961. The van der Waals surface area contributed by atoms with Gasteiger partial charge in [-0.1, -0.05) is 29.3 Å². The van der Waals surface area contributed by atoms with Crippen LogP contribution in [0, 0.1) is 0 Å². The highest BCUT2D eigenvalue weighted by Gasteiger charge is 2.00. The maximum absolute atomic E-state index is 6.04. The summed E-state index contributed by atoms with van der Waals surface area (Å²) in [6.45, 7) is 0.775. The number of hydrogen-bond acceptors (Lipinski definition) is 2. The molecule has 0 saturated heterocycles. The molecular formula is C13H12Cl2N2. The molecule has 0 fully saturated rings.